The molecule has 3 aliphatic rings. The lowest BCUT2D eigenvalue weighted by atomic mass is 9.76. The molecule has 0 fully saturated rings. The lowest BCUT2D eigenvalue weighted by molar-refractivity contribution is 0.170. The van der Waals surface area contributed by atoms with Crippen LogP contribution in [0, 0.1) is 6.92 Å². The molecule has 0 amide bonds. The summed E-state index contributed by atoms with van der Waals surface area (Å²) in [5.41, 5.74) is 17.4. The molecule has 9 aromatic rings. The second-order valence-electron chi connectivity index (χ2n) is 17.0. The largest absolute Gasteiger partial charge is 0.482 e. The monoisotopic (exact) mass is 779 g/mol. The molecule has 2 aliphatic carbocycles. The molecule has 3 nitrogen and oxygen atoms in total. The van der Waals surface area contributed by atoms with Gasteiger partial charge in [-0.1, -0.05) is 104 Å². The van der Waals surface area contributed by atoms with Gasteiger partial charge < -0.3 is 13.7 Å². The Bertz CT molecular complexity index is 3300. The van der Waals surface area contributed by atoms with Crippen LogP contribution in [0.15, 0.2) is 168 Å². The van der Waals surface area contributed by atoms with Crippen LogP contribution in [0.3, 0.4) is 0 Å². The van der Waals surface area contributed by atoms with E-state index in [2.05, 4.69) is 195 Å². The molecule has 0 saturated carbocycles. The van der Waals surface area contributed by atoms with Crippen molar-refractivity contribution in [2.45, 2.75) is 44.6 Å². The number of nitrogens with zero attached hydrogens (tertiary/aromatic N) is 1. The van der Waals surface area contributed by atoms with Crippen molar-refractivity contribution in [2.24, 2.45) is 0 Å². The highest BCUT2D eigenvalue weighted by atomic mass is 32.1. The highest BCUT2D eigenvalue weighted by molar-refractivity contribution is 7.10. The number of fused-ring (bicyclic) bond motifs is 9. The summed E-state index contributed by atoms with van der Waals surface area (Å²) >= 11 is 1.87. The number of para-hydroxylation sites is 1. The van der Waals surface area contributed by atoms with Crippen LogP contribution in [0.25, 0.3) is 78.0 Å². The number of thiophene rings is 1. The molecule has 4 heteroatoms. The van der Waals surface area contributed by atoms with Gasteiger partial charge >= 0.3 is 0 Å². The van der Waals surface area contributed by atoms with Crippen LogP contribution in [0.1, 0.15) is 53.1 Å². The Hall–Kier alpha value is -6.62. The number of benzene rings is 6. The van der Waals surface area contributed by atoms with E-state index in [-0.39, 0.29) is 5.41 Å². The Morgan fingerprint density at radius 3 is 2.34 bits per heavy atom. The summed E-state index contributed by atoms with van der Waals surface area (Å²) in [6.07, 6.45) is 11.3. The first-order chi connectivity index (χ1) is 28.8. The van der Waals surface area contributed by atoms with E-state index in [0.717, 1.165) is 46.2 Å². The Morgan fingerprint density at radius 2 is 1.44 bits per heavy atom. The van der Waals surface area contributed by atoms with Crippen molar-refractivity contribution >= 4 is 61.4 Å². The zero-order valence-electron chi connectivity index (χ0n) is 33.3. The standard InChI is InChI=1S/C55H41NO2S/c1-34-16-19-50-43(28-34)44-30-38(17-20-51(44)57-50)36-12-9-13-37(29-36)39-22-26-55(3)47(31-39)45-32-40(18-21-52(45)58-55)56-48-15-8-7-14-42(48)46-33-54(2,25-23-49(46)56)53-41(24-27-59-53)35-10-5-4-6-11-35/h4-25,27-32H,26,33H2,1-3H3. The molecule has 6 aromatic carbocycles. The lowest BCUT2D eigenvalue weighted by Gasteiger charge is -2.30. The molecule has 0 bridgehead atoms. The van der Waals surface area contributed by atoms with E-state index in [1.165, 1.54) is 77.1 Å². The number of hydrogen-bond donors (Lipinski definition) is 0. The van der Waals surface area contributed by atoms with Crippen molar-refractivity contribution in [3.8, 4) is 33.7 Å². The number of ether oxygens (including phenoxy) is 1. The van der Waals surface area contributed by atoms with Crippen molar-refractivity contribution in [1.29, 1.82) is 0 Å². The van der Waals surface area contributed by atoms with Crippen LogP contribution in [0.4, 0.5) is 0 Å². The molecule has 0 radical (unpaired) electrons. The van der Waals surface area contributed by atoms with E-state index in [4.69, 9.17) is 9.15 Å². The van der Waals surface area contributed by atoms with Crippen molar-refractivity contribution in [3.63, 3.8) is 0 Å². The van der Waals surface area contributed by atoms with E-state index in [1.807, 2.05) is 11.3 Å². The Labute approximate surface area is 347 Å². The van der Waals surface area contributed by atoms with E-state index in [0.29, 0.717) is 0 Å². The highest BCUT2D eigenvalue weighted by Crippen LogP contribution is 2.51. The maximum absolute atomic E-state index is 6.80. The molecule has 1 aliphatic heterocycles. The normalized spacial score (nSPS) is 19.4. The topological polar surface area (TPSA) is 27.3 Å². The second-order valence-corrected chi connectivity index (χ2v) is 17.9. The molecular weight excluding hydrogens is 739 g/mol. The van der Waals surface area contributed by atoms with Crippen molar-refractivity contribution in [2.75, 3.05) is 0 Å². The fourth-order valence-electron chi connectivity index (χ4n) is 10.00. The number of furan rings is 1. The third-order valence-corrected chi connectivity index (χ3v) is 14.2. The van der Waals surface area contributed by atoms with Crippen LogP contribution >= 0.6 is 11.3 Å². The maximum atomic E-state index is 6.80. The van der Waals surface area contributed by atoms with Gasteiger partial charge in [0.15, 0.2) is 0 Å². The van der Waals surface area contributed by atoms with Gasteiger partial charge in [0.05, 0.1) is 5.52 Å². The summed E-state index contributed by atoms with van der Waals surface area (Å²) < 4.78 is 15.4. The third-order valence-electron chi connectivity index (χ3n) is 13.0. The fraction of sp³-hybridized carbons (Fsp3) is 0.127. The SMILES string of the molecule is Cc1ccc2oc3ccc(-c4cccc(C5=CCC6(C)Oc7ccc(-n8c9c(c%10ccccc%108)CC(C)(c8sccc8-c8ccccc8)C=C9)cc7C6=C5)c4)cc3c2c1. The van der Waals surface area contributed by atoms with Crippen molar-refractivity contribution < 1.29 is 9.15 Å². The molecular formula is C55H41NO2S. The predicted octanol–water partition coefficient (Wildman–Crippen LogP) is 14.8. The number of aromatic nitrogens is 1. The first kappa shape index (κ1) is 34.4. The molecule has 0 saturated heterocycles. The minimum atomic E-state index is -0.426. The van der Waals surface area contributed by atoms with Gasteiger partial charge in [-0.3, -0.25) is 0 Å². The number of hydrogen-bond acceptors (Lipinski definition) is 3. The van der Waals surface area contributed by atoms with Crippen LogP contribution in [-0.2, 0) is 11.8 Å². The molecule has 284 valence electrons. The Morgan fingerprint density at radius 1 is 0.661 bits per heavy atom. The zero-order valence-corrected chi connectivity index (χ0v) is 34.1. The van der Waals surface area contributed by atoms with E-state index < -0.39 is 5.60 Å². The minimum absolute atomic E-state index is 0.124. The van der Waals surface area contributed by atoms with Crippen molar-refractivity contribution in [1.82, 2.24) is 4.57 Å². The number of rotatable bonds is 5. The van der Waals surface area contributed by atoms with Gasteiger partial charge in [-0.25, -0.2) is 0 Å². The summed E-state index contributed by atoms with van der Waals surface area (Å²) in [6, 6.07) is 50.7. The summed E-state index contributed by atoms with van der Waals surface area (Å²) in [7, 11) is 0. The fourth-order valence-corrected chi connectivity index (χ4v) is 11.1. The number of allylic oxidation sites excluding steroid dienone is 3. The maximum Gasteiger partial charge on any atom is 0.135 e. The van der Waals surface area contributed by atoms with Crippen LogP contribution in [0.2, 0.25) is 0 Å². The minimum Gasteiger partial charge on any atom is -0.482 e. The van der Waals surface area contributed by atoms with Gasteiger partial charge in [0.2, 0.25) is 0 Å². The average molecular weight is 780 g/mol. The quantitative estimate of drug-likeness (QED) is 0.174. The predicted molar refractivity (Wildman–Crippen MR) is 247 cm³/mol. The van der Waals surface area contributed by atoms with Gasteiger partial charge in [-0.2, -0.15) is 0 Å². The van der Waals surface area contributed by atoms with Crippen LogP contribution < -0.4 is 4.74 Å². The smallest absolute Gasteiger partial charge is 0.135 e. The molecule has 0 N–H and O–H groups in total. The summed E-state index contributed by atoms with van der Waals surface area (Å²) in [5.74, 6) is 0.946. The lowest BCUT2D eigenvalue weighted by Crippen LogP contribution is -2.30. The average Bonchev–Trinajstić information content (AvgIpc) is 4.04. The van der Waals surface area contributed by atoms with E-state index in [1.54, 1.807) is 0 Å². The van der Waals surface area contributed by atoms with E-state index in [9.17, 15) is 0 Å². The first-order valence-corrected chi connectivity index (χ1v) is 21.4. The third kappa shape index (κ3) is 5.33. The summed E-state index contributed by atoms with van der Waals surface area (Å²) in [4.78, 5) is 1.41. The molecule has 0 spiro atoms. The Kier molecular flexibility index (Phi) is 7.40. The van der Waals surface area contributed by atoms with Crippen molar-refractivity contribution in [3.05, 3.63) is 196 Å². The molecule has 3 aromatic heterocycles. The van der Waals surface area contributed by atoms with Gasteiger partial charge in [-0.15, -0.1) is 11.3 Å². The molecule has 2 atom stereocenters. The zero-order chi connectivity index (χ0) is 39.5. The van der Waals surface area contributed by atoms with Crippen LogP contribution in [0.5, 0.6) is 5.75 Å². The summed E-state index contributed by atoms with van der Waals surface area (Å²) in [6.45, 7) is 6.77. The summed E-state index contributed by atoms with van der Waals surface area (Å²) in [5, 5.41) is 5.87. The van der Waals surface area contributed by atoms with E-state index >= 15 is 0 Å². The van der Waals surface area contributed by atoms with Crippen LogP contribution in [-0.4, -0.2) is 10.2 Å². The molecule has 59 heavy (non-hydrogen) atoms. The molecule has 2 unspecified atom stereocenters. The molecule has 12 rings (SSSR count). The van der Waals surface area contributed by atoms with Gasteiger partial charge in [-0.05, 0) is 137 Å². The Balaban J connectivity index is 0.915. The first-order valence-electron chi connectivity index (χ1n) is 20.6. The molecule has 4 heterocycles. The second kappa shape index (κ2) is 12.7. The van der Waals surface area contributed by atoms with Gasteiger partial charge in [0.25, 0.3) is 0 Å². The number of aryl methyl sites for hydroxylation is 1. The highest BCUT2D eigenvalue weighted by Gasteiger charge is 2.42. The van der Waals surface area contributed by atoms with Gasteiger partial charge in [0.1, 0.15) is 22.5 Å². The van der Waals surface area contributed by atoms with Gasteiger partial charge in [0, 0.05) is 55.4 Å².